The summed E-state index contributed by atoms with van der Waals surface area (Å²) in [6, 6.07) is 3.83. The van der Waals surface area contributed by atoms with E-state index in [1.54, 1.807) is 0 Å². The molecule has 0 aliphatic rings. The van der Waals surface area contributed by atoms with Gasteiger partial charge >= 0.3 is 0 Å². The van der Waals surface area contributed by atoms with Crippen LogP contribution in [0, 0.1) is 0 Å². The lowest BCUT2D eigenvalue weighted by atomic mass is 10.3. The van der Waals surface area contributed by atoms with E-state index in [1.807, 2.05) is 12.1 Å². The van der Waals surface area contributed by atoms with Gasteiger partial charge in [-0.3, -0.25) is 0 Å². The van der Waals surface area contributed by atoms with Gasteiger partial charge in [0.1, 0.15) is 0 Å². The van der Waals surface area contributed by atoms with Crippen LogP contribution in [0.3, 0.4) is 0 Å². The molecule has 0 bridgehead atoms. The standard InChI is InChI=1S/C12H17BrCl2N2/c1-3-17(4-2)8-7-16-10-6-5-9(13)11(14)12(10)15/h5-6,16H,3-4,7-8H2,1-2H3. The van der Waals surface area contributed by atoms with E-state index in [9.17, 15) is 0 Å². The van der Waals surface area contributed by atoms with Gasteiger partial charge in [-0.2, -0.15) is 0 Å². The number of hydrogen-bond donors (Lipinski definition) is 1. The quantitative estimate of drug-likeness (QED) is 0.767. The van der Waals surface area contributed by atoms with E-state index in [0.717, 1.165) is 36.3 Å². The molecular formula is C12H17BrCl2N2. The fourth-order valence-corrected chi connectivity index (χ4v) is 2.39. The Morgan fingerprint density at radius 2 is 1.82 bits per heavy atom. The number of likely N-dealkylation sites (N-methyl/N-ethyl adjacent to an activating group) is 1. The Bertz CT molecular complexity index is 368. The fourth-order valence-electron chi connectivity index (χ4n) is 1.55. The van der Waals surface area contributed by atoms with Crippen molar-refractivity contribution < 1.29 is 0 Å². The van der Waals surface area contributed by atoms with Crippen LogP contribution in [0.25, 0.3) is 0 Å². The van der Waals surface area contributed by atoms with Crippen LogP contribution >= 0.6 is 39.1 Å². The number of anilines is 1. The van der Waals surface area contributed by atoms with Gasteiger partial charge in [0.25, 0.3) is 0 Å². The highest BCUT2D eigenvalue weighted by atomic mass is 79.9. The molecule has 0 radical (unpaired) electrons. The Kier molecular flexibility index (Phi) is 6.63. The molecule has 2 nitrogen and oxygen atoms in total. The maximum absolute atomic E-state index is 6.14. The highest BCUT2D eigenvalue weighted by Crippen LogP contribution is 2.35. The third-order valence-corrected chi connectivity index (χ3v) is 4.44. The van der Waals surface area contributed by atoms with Gasteiger partial charge in [0, 0.05) is 17.6 Å². The SMILES string of the molecule is CCN(CC)CCNc1ccc(Br)c(Cl)c1Cl. The highest BCUT2D eigenvalue weighted by molar-refractivity contribution is 9.10. The van der Waals surface area contributed by atoms with Crippen LogP contribution in [-0.4, -0.2) is 31.1 Å². The highest BCUT2D eigenvalue weighted by Gasteiger charge is 2.08. The number of nitrogens with zero attached hydrogens (tertiary/aromatic N) is 1. The zero-order valence-electron chi connectivity index (χ0n) is 10.1. The first kappa shape index (κ1) is 15.1. The lowest BCUT2D eigenvalue weighted by Crippen LogP contribution is -2.28. The molecule has 0 saturated heterocycles. The molecule has 17 heavy (non-hydrogen) atoms. The van der Waals surface area contributed by atoms with Crippen LogP contribution in [0.15, 0.2) is 16.6 Å². The summed E-state index contributed by atoms with van der Waals surface area (Å²) < 4.78 is 0.818. The number of rotatable bonds is 6. The molecule has 0 saturated carbocycles. The number of benzene rings is 1. The van der Waals surface area contributed by atoms with Gasteiger partial charge in [0.05, 0.1) is 15.7 Å². The van der Waals surface area contributed by atoms with Crippen LogP contribution in [0.1, 0.15) is 13.8 Å². The topological polar surface area (TPSA) is 15.3 Å². The van der Waals surface area contributed by atoms with Crippen molar-refractivity contribution in [2.45, 2.75) is 13.8 Å². The van der Waals surface area contributed by atoms with Crippen molar-refractivity contribution in [1.82, 2.24) is 4.90 Å². The largest absolute Gasteiger partial charge is 0.383 e. The Morgan fingerprint density at radius 3 is 2.41 bits per heavy atom. The zero-order chi connectivity index (χ0) is 12.8. The maximum atomic E-state index is 6.14. The molecule has 0 aliphatic heterocycles. The monoisotopic (exact) mass is 338 g/mol. The molecule has 5 heteroatoms. The number of hydrogen-bond acceptors (Lipinski definition) is 2. The van der Waals surface area contributed by atoms with Crippen molar-refractivity contribution in [2.24, 2.45) is 0 Å². The number of halogens is 3. The van der Waals surface area contributed by atoms with Crippen molar-refractivity contribution in [3.05, 3.63) is 26.7 Å². The summed E-state index contributed by atoms with van der Waals surface area (Å²) in [6.07, 6.45) is 0. The Hall–Kier alpha value is 0.0400. The minimum absolute atomic E-state index is 0.555. The van der Waals surface area contributed by atoms with Crippen LogP contribution in [0.2, 0.25) is 10.0 Å². The van der Waals surface area contributed by atoms with Gasteiger partial charge in [-0.15, -0.1) is 0 Å². The molecule has 1 aromatic carbocycles. The molecule has 1 rings (SSSR count). The van der Waals surface area contributed by atoms with E-state index in [0.29, 0.717) is 10.0 Å². The molecule has 0 aliphatic carbocycles. The van der Waals surface area contributed by atoms with E-state index in [2.05, 4.69) is 40.0 Å². The minimum atomic E-state index is 0.555. The molecule has 0 atom stereocenters. The molecule has 0 unspecified atom stereocenters. The zero-order valence-corrected chi connectivity index (χ0v) is 13.2. The molecule has 0 amide bonds. The first-order chi connectivity index (χ1) is 8.10. The predicted molar refractivity (Wildman–Crippen MR) is 80.4 cm³/mol. The van der Waals surface area contributed by atoms with Crippen LogP contribution in [-0.2, 0) is 0 Å². The predicted octanol–water partition coefficient (Wildman–Crippen LogP) is 4.51. The molecule has 0 aromatic heterocycles. The summed E-state index contributed by atoms with van der Waals surface area (Å²) in [7, 11) is 0. The first-order valence-electron chi connectivity index (χ1n) is 5.69. The van der Waals surface area contributed by atoms with Gasteiger partial charge < -0.3 is 10.2 Å². The van der Waals surface area contributed by atoms with Crippen molar-refractivity contribution in [3.63, 3.8) is 0 Å². The van der Waals surface area contributed by atoms with Crippen molar-refractivity contribution in [1.29, 1.82) is 0 Å². The van der Waals surface area contributed by atoms with E-state index < -0.39 is 0 Å². The summed E-state index contributed by atoms with van der Waals surface area (Å²) in [5.74, 6) is 0. The Morgan fingerprint density at radius 1 is 1.18 bits per heavy atom. The first-order valence-corrected chi connectivity index (χ1v) is 7.24. The lowest BCUT2D eigenvalue weighted by molar-refractivity contribution is 0.316. The smallest absolute Gasteiger partial charge is 0.0835 e. The average molecular weight is 340 g/mol. The maximum Gasteiger partial charge on any atom is 0.0835 e. The van der Waals surface area contributed by atoms with E-state index in [-0.39, 0.29) is 0 Å². The molecule has 0 heterocycles. The molecule has 1 aromatic rings. The fraction of sp³-hybridized carbons (Fsp3) is 0.500. The van der Waals surface area contributed by atoms with Crippen molar-refractivity contribution >= 4 is 44.8 Å². The molecule has 0 spiro atoms. The van der Waals surface area contributed by atoms with Crippen LogP contribution in [0.5, 0.6) is 0 Å². The summed E-state index contributed by atoms with van der Waals surface area (Å²) >= 11 is 15.5. The third-order valence-electron chi connectivity index (χ3n) is 2.67. The molecule has 0 fully saturated rings. The lowest BCUT2D eigenvalue weighted by Gasteiger charge is -2.19. The van der Waals surface area contributed by atoms with Crippen LogP contribution < -0.4 is 5.32 Å². The average Bonchev–Trinajstić information content (AvgIpc) is 2.34. The van der Waals surface area contributed by atoms with Gasteiger partial charge in [0.2, 0.25) is 0 Å². The summed E-state index contributed by atoms with van der Waals surface area (Å²) in [6.45, 7) is 8.30. The van der Waals surface area contributed by atoms with Crippen LogP contribution in [0.4, 0.5) is 5.69 Å². The molecule has 1 N–H and O–H groups in total. The van der Waals surface area contributed by atoms with Crippen molar-refractivity contribution in [2.75, 3.05) is 31.5 Å². The number of nitrogens with one attached hydrogen (secondary N) is 1. The van der Waals surface area contributed by atoms with Crippen molar-refractivity contribution in [3.8, 4) is 0 Å². The van der Waals surface area contributed by atoms with Gasteiger partial charge in [-0.1, -0.05) is 37.0 Å². The van der Waals surface area contributed by atoms with Gasteiger partial charge in [-0.05, 0) is 41.2 Å². The second-order valence-corrected chi connectivity index (χ2v) is 5.29. The molecular weight excluding hydrogens is 323 g/mol. The normalized spacial score (nSPS) is 10.9. The summed E-state index contributed by atoms with van der Waals surface area (Å²) in [4.78, 5) is 2.35. The second-order valence-electron chi connectivity index (χ2n) is 3.68. The van der Waals surface area contributed by atoms with Gasteiger partial charge in [-0.25, -0.2) is 0 Å². The molecule has 96 valence electrons. The summed E-state index contributed by atoms with van der Waals surface area (Å²) in [5.41, 5.74) is 0.882. The van der Waals surface area contributed by atoms with E-state index in [1.165, 1.54) is 0 Å². The Labute approximate surface area is 121 Å². The Balaban J connectivity index is 2.55. The second kappa shape index (κ2) is 7.47. The summed E-state index contributed by atoms with van der Waals surface area (Å²) in [5, 5.41) is 4.43. The minimum Gasteiger partial charge on any atom is -0.383 e. The third kappa shape index (κ3) is 4.32. The van der Waals surface area contributed by atoms with Gasteiger partial charge in [0.15, 0.2) is 0 Å². The van der Waals surface area contributed by atoms with E-state index >= 15 is 0 Å². The van der Waals surface area contributed by atoms with E-state index in [4.69, 9.17) is 23.2 Å².